The lowest BCUT2D eigenvalue weighted by atomic mass is 9.99. The van der Waals surface area contributed by atoms with Gasteiger partial charge in [0.05, 0.1) is 18.8 Å². The first kappa shape index (κ1) is 57.8. The maximum atomic E-state index is 12.6. The largest absolute Gasteiger partial charge is 0.394 e. The van der Waals surface area contributed by atoms with Crippen LogP contribution < -0.4 is 5.32 Å². The molecule has 0 radical (unpaired) electrons. The molecule has 1 amide bonds. The highest BCUT2D eigenvalue weighted by Crippen LogP contribution is 2.18. The first-order chi connectivity index (χ1) is 29.0. The van der Waals surface area contributed by atoms with Crippen LogP contribution in [-0.2, 0) is 4.79 Å². The van der Waals surface area contributed by atoms with E-state index in [0.29, 0.717) is 12.8 Å². The van der Waals surface area contributed by atoms with Gasteiger partial charge >= 0.3 is 0 Å². The van der Waals surface area contributed by atoms with Gasteiger partial charge in [0.2, 0.25) is 5.91 Å². The molecule has 0 aliphatic carbocycles. The summed E-state index contributed by atoms with van der Waals surface area (Å²) in [5.41, 5.74) is 0. The number of amides is 1. The highest BCUT2D eigenvalue weighted by atomic mass is 16.3. The van der Waals surface area contributed by atoms with Crippen molar-refractivity contribution in [1.82, 2.24) is 5.32 Å². The Kier molecular flexibility index (Phi) is 46.9. The van der Waals surface area contributed by atoms with E-state index in [2.05, 4.69) is 43.5 Å². The van der Waals surface area contributed by atoms with E-state index in [1.807, 2.05) is 0 Å². The minimum Gasteiger partial charge on any atom is -0.394 e. The molecular weight excluding hydrogens is 731 g/mol. The minimum atomic E-state index is -1.26. The Morgan fingerprint density at radius 1 is 0.441 bits per heavy atom. The summed E-state index contributed by atoms with van der Waals surface area (Å²) < 4.78 is 0. The molecule has 4 unspecified atom stereocenters. The van der Waals surface area contributed by atoms with Gasteiger partial charge in [0.25, 0.3) is 0 Å². The molecule has 0 saturated heterocycles. The van der Waals surface area contributed by atoms with Crippen LogP contribution in [0.2, 0.25) is 0 Å². The summed E-state index contributed by atoms with van der Waals surface area (Å²) >= 11 is 0. The standard InChI is InChI=1S/C53H103NO5/c1-3-5-7-9-11-13-15-17-19-21-23-25-26-27-29-30-32-34-36-38-40-42-44-46-50(56)52(58)49(48-55)54-53(59)51(57)47-45-43-41-39-37-35-33-31-28-24-22-20-18-16-14-12-10-8-6-4-2/h6,8,12,14,49-52,55-58H,3-5,7,9-11,13,15-48H2,1-2H3,(H,54,59)/b8-6-,14-12-. The smallest absolute Gasteiger partial charge is 0.249 e. The molecule has 0 aromatic rings. The highest BCUT2D eigenvalue weighted by Gasteiger charge is 2.28. The van der Waals surface area contributed by atoms with Gasteiger partial charge in [0.1, 0.15) is 12.2 Å². The van der Waals surface area contributed by atoms with Gasteiger partial charge in [-0.15, -0.1) is 0 Å². The van der Waals surface area contributed by atoms with Crippen LogP contribution in [-0.4, -0.2) is 57.3 Å². The number of allylic oxidation sites excluding steroid dienone is 4. The number of aliphatic hydroxyl groups excluding tert-OH is 4. The normalized spacial score (nSPS) is 14.1. The second-order valence-electron chi connectivity index (χ2n) is 18.2. The van der Waals surface area contributed by atoms with Crippen molar-refractivity contribution >= 4 is 5.91 Å². The summed E-state index contributed by atoms with van der Waals surface area (Å²) in [6.45, 7) is 3.98. The summed E-state index contributed by atoms with van der Waals surface area (Å²) in [6.07, 6.45) is 56.6. The number of hydrogen-bond donors (Lipinski definition) is 5. The number of carbonyl (C=O) groups excluding carboxylic acids is 1. The topological polar surface area (TPSA) is 110 Å². The second-order valence-corrected chi connectivity index (χ2v) is 18.2. The van der Waals surface area contributed by atoms with E-state index < -0.39 is 36.9 Å². The Bertz CT molecular complexity index is 893. The summed E-state index contributed by atoms with van der Waals surface area (Å²) in [5.74, 6) is -0.581. The fraction of sp³-hybridized carbons (Fsp3) is 0.906. The number of carbonyl (C=O) groups is 1. The van der Waals surface area contributed by atoms with Crippen molar-refractivity contribution in [2.75, 3.05) is 6.61 Å². The summed E-state index contributed by atoms with van der Waals surface area (Å²) in [4.78, 5) is 12.6. The fourth-order valence-electron chi connectivity index (χ4n) is 8.33. The number of nitrogens with one attached hydrogen (secondary N) is 1. The molecule has 0 spiro atoms. The van der Waals surface area contributed by atoms with E-state index in [1.165, 1.54) is 199 Å². The number of unbranched alkanes of at least 4 members (excludes halogenated alkanes) is 35. The lowest BCUT2D eigenvalue weighted by molar-refractivity contribution is -0.132. The van der Waals surface area contributed by atoms with Gasteiger partial charge in [-0.1, -0.05) is 263 Å². The molecule has 59 heavy (non-hydrogen) atoms. The van der Waals surface area contributed by atoms with Crippen molar-refractivity contribution in [2.45, 2.75) is 301 Å². The van der Waals surface area contributed by atoms with E-state index >= 15 is 0 Å². The molecular formula is C53H103NO5. The molecule has 0 bridgehead atoms. The minimum absolute atomic E-state index is 0.370. The van der Waals surface area contributed by atoms with Crippen molar-refractivity contribution in [3.8, 4) is 0 Å². The highest BCUT2D eigenvalue weighted by molar-refractivity contribution is 5.80. The third kappa shape index (κ3) is 41.9. The Hall–Kier alpha value is -1.21. The average Bonchev–Trinajstić information content (AvgIpc) is 3.24. The van der Waals surface area contributed by atoms with Crippen molar-refractivity contribution in [3.63, 3.8) is 0 Å². The third-order valence-corrected chi connectivity index (χ3v) is 12.4. The van der Waals surface area contributed by atoms with Crippen LogP contribution in [0.25, 0.3) is 0 Å². The van der Waals surface area contributed by atoms with Crippen LogP contribution in [0.15, 0.2) is 24.3 Å². The van der Waals surface area contributed by atoms with Crippen molar-refractivity contribution < 1.29 is 25.2 Å². The molecule has 0 fully saturated rings. The zero-order chi connectivity index (χ0) is 43.1. The molecule has 6 heteroatoms. The molecule has 6 nitrogen and oxygen atoms in total. The maximum absolute atomic E-state index is 12.6. The fourth-order valence-corrected chi connectivity index (χ4v) is 8.33. The summed E-state index contributed by atoms with van der Waals surface area (Å²) in [6, 6.07) is -0.984. The SMILES string of the molecule is CC/C=C\C/C=C\CCCCCCCCCCCCCCCC(O)C(=O)NC(CO)C(O)C(O)CCCCCCCCCCCCCCCCCCCCCCCCC. The number of aliphatic hydroxyl groups is 4. The first-order valence-electron chi connectivity index (χ1n) is 26.2. The van der Waals surface area contributed by atoms with Gasteiger partial charge in [-0.05, 0) is 38.5 Å². The van der Waals surface area contributed by atoms with Crippen molar-refractivity contribution in [3.05, 3.63) is 24.3 Å². The van der Waals surface area contributed by atoms with Crippen molar-refractivity contribution in [2.24, 2.45) is 0 Å². The van der Waals surface area contributed by atoms with Crippen LogP contribution >= 0.6 is 0 Å². The molecule has 0 aromatic heterocycles. The number of hydrogen-bond acceptors (Lipinski definition) is 5. The van der Waals surface area contributed by atoms with Gasteiger partial charge < -0.3 is 25.7 Å². The Morgan fingerprint density at radius 3 is 1.15 bits per heavy atom. The molecule has 0 saturated carbocycles. The lowest BCUT2D eigenvalue weighted by Crippen LogP contribution is -2.53. The third-order valence-electron chi connectivity index (χ3n) is 12.4. The molecule has 350 valence electrons. The van der Waals surface area contributed by atoms with Gasteiger partial charge in [-0.25, -0.2) is 0 Å². The summed E-state index contributed by atoms with van der Waals surface area (Å²) in [5, 5.41) is 43.9. The van der Waals surface area contributed by atoms with E-state index in [4.69, 9.17) is 0 Å². The predicted molar refractivity (Wildman–Crippen MR) is 256 cm³/mol. The molecule has 5 N–H and O–H groups in total. The molecule has 0 aliphatic heterocycles. The van der Waals surface area contributed by atoms with Crippen molar-refractivity contribution in [1.29, 1.82) is 0 Å². The molecule has 0 aromatic carbocycles. The quantitative estimate of drug-likeness (QED) is 0.0310. The van der Waals surface area contributed by atoms with Crippen LogP contribution in [0.4, 0.5) is 0 Å². The Balaban J connectivity index is 3.63. The zero-order valence-electron chi connectivity index (χ0n) is 39.5. The maximum Gasteiger partial charge on any atom is 0.249 e. The Labute approximate surface area is 367 Å². The van der Waals surface area contributed by atoms with Crippen LogP contribution in [0.1, 0.15) is 277 Å². The van der Waals surface area contributed by atoms with Gasteiger partial charge in [-0.2, -0.15) is 0 Å². The Morgan fingerprint density at radius 2 is 0.780 bits per heavy atom. The molecule has 0 rings (SSSR count). The van der Waals surface area contributed by atoms with Gasteiger partial charge in [-0.3, -0.25) is 4.79 Å². The second kappa shape index (κ2) is 47.8. The van der Waals surface area contributed by atoms with Gasteiger partial charge in [0, 0.05) is 0 Å². The van der Waals surface area contributed by atoms with Crippen LogP contribution in [0.5, 0.6) is 0 Å². The van der Waals surface area contributed by atoms with Crippen LogP contribution in [0.3, 0.4) is 0 Å². The van der Waals surface area contributed by atoms with E-state index in [1.54, 1.807) is 0 Å². The number of rotatable bonds is 48. The monoisotopic (exact) mass is 834 g/mol. The summed E-state index contributed by atoms with van der Waals surface area (Å²) in [7, 11) is 0. The van der Waals surface area contributed by atoms with E-state index in [-0.39, 0.29) is 0 Å². The van der Waals surface area contributed by atoms with Gasteiger partial charge in [0.15, 0.2) is 0 Å². The zero-order valence-corrected chi connectivity index (χ0v) is 39.5. The van der Waals surface area contributed by atoms with E-state index in [9.17, 15) is 25.2 Å². The molecule has 0 aliphatic rings. The first-order valence-corrected chi connectivity index (χ1v) is 26.2. The predicted octanol–water partition coefficient (Wildman–Crippen LogP) is 14.7. The van der Waals surface area contributed by atoms with E-state index in [0.717, 1.165) is 51.4 Å². The molecule has 0 heterocycles. The lowest BCUT2D eigenvalue weighted by Gasteiger charge is -2.27. The van der Waals surface area contributed by atoms with Crippen LogP contribution in [0, 0.1) is 0 Å². The average molecular weight is 834 g/mol. The molecule has 4 atom stereocenters.